The predicted molar refractivity (Wildman–Crippen MR) is 126 cm³/mol. The molecule has 1 fully saturated rings. The molecule has 14 heteroatoms. The molecule has 2 heterocycles. The fourth-order valence-electron chi connectivity index (χ4n) is 3.78. The fraction of sp³-hybridized carbons (Fsp3) is 0.619. The number of aromatic nitrogens is 2. The highest BCUT2D eigenvalue weighted by Gasteiger charge is 2.38. The van der Waals surface area contributed by atoms with E-state index < -0.39 is 54.3 Å². The standard InChI is InChI=1S/C21H32N6O7S/c1-35-8-6-13(22)20(32)27-7-2-3-16(27)19(31)25-14(4-5-17(28)29)18(30)26-15(21(33)34)9-12-10-23-11-24-12/h10-11,13-16H,2-9,22H2,1H3,(H,23,24)(H,25,31)(H,26,30)(H,28,29)(H,33,34). The van der Waals surface area contributed by atoms with Gasteiger partial charge in [-0.25, -0.2) is 9.78 Å². The van der Waals surface area contributed by atoms with Crippen LogP contribution in [0.25, 0.3) is 0 Å². The Morgan fingerprint density at radius 2 is 1.97 bits per heavy atom. The third-order valence-corrected chi connectivity index (χ3v) is 6.31. The van der Waals surface area contributed by atoms with E-state index >= 15 is 0 Å². The quantitative estimate of drug-likeness (QED) is 0.178. The molecule has 0 aliphatic carbocycles. The van der Waals surface area contributed by atoms with Gasteiger partial charge in [-0.15, -0.1) is 0 Å². The van der Waals surface area contributed by atoms with Crippen molar-refractivity contribution in [1.82, 2.24) is 25.5 Å². The number of aromatic amines is 1. The summed E-state index contributed by atoms with van der Waals surface area (Å²) in [6, 6.07) is -4.22. The van der Waals surface area contributed by atoms with E-state index in [0.717, 1.165) is 0 Å². The number of hydrogen-bond acceptors (Lipinski definition) is 8. The topological polar surface area (TPSA) is 208 Å². The fourth-order valence-corrected chi connectivity index (χ4v) is 4.27. The average molecular weight is 513 g/mol. The van der Waals surface area contributed by atoms with E-state index in [2.05, 4.69) is 20.6 Å². The van der Waals surface area contributed by atoms with Crippen LogP contribution in [0.1, 0.15) is 37.8 Å². The lowest BCUT2D eigenvalue weighted by Gasteiger charge is -2.28. The van der Waals surface area contributed by atoms with E-state index in [1.165, 1.54) is 17.4 Å². The Balaban J connectivity index is 2.09. The molecule has 0 spiro atoms. The molecule has 13 nitrogen and oxygen atoms in total. The third kappa shape index (κ3) is 8.55. The Labute approximate surface area is 206 Å². The number of imidazole rings is 1. The van der Waals surface area contributed by atoms with Gasteiger partial charge in [0.1, 0.15) is 18.1 Å². The number of nitrogens with zero attached hydrogens (tertiary/aromatic N) is 2. The number of nitrogens with one attached hydrogen (secondary N) is 3. The monoisotopic (exact) mass is 512 g/mol. The van der Waals surface area contributed by atoms with Gasteiger partial charge in [0, 0.05) is 31.3 Å². The van der Waals surface area contributed by atoms with Crippen LogP contribution in [-0.4, -0.2) is 97.5 Å². The minimum atomic E-state index is -1.33. The van der Waals surface area contributed by atoms with Gasteiger partial charge in [0.05, 0.1) is 12.4 Å². The predicted octanol–water partition coefficient (Wildman–Crippen LogP) is -1.06. The van der Waals surface area contributed by atoms with E-state index in [0.29, 0.717) is 37.3 Å². The van der Waals surface area contributed by atoms with E-state index in [4.69, 9.17) is 10.8 Å². The molecule has 4 atom stereocenters. The second kappa shape index (κ2) is 13.7. The number of thioether (sulfide) groups is 1. The SMILES string of the molecule is CSCCC(N)C(=O)N1CCCC1C(=O)NC(CCC(=O)O)C(=O)NC(Cc1cnc[nH]1)C(=O)O. The largest absolute Gasteiger partial charge is 0.481 e. The lowest BCUT2D eigenvalue weighted by atomic mass is 10.1. The third-order valence-electron chi connectivity index (χ3n) is 5.66. The zero-order valence-electron chi connectivity index (χ0n) is 19.4. The summed E-state index contributed by atoms with van der Waals surface area (Å²) in [6.07, 6.45) is 5.33. The Kier molecular flexibility index (Phi) is 11.0. The van der Waals surface area contributed by atoms with Crippen molar-refractivity contribution in [2.45, 2.75) is 62.7 Å². The van der Waals surface area contributed by atoms with Gasteiger partial charge in [0.15, 0.2) is 0 Å². The molecule has 0 aromatic carbocycles. The average Bonchev–Trinajstić information content (AvgIpc) is 3.51. The molecule has 0 bridgehead atoms. The summed E-state index contributed by atoms with van der Waals surface area (Å²) in [5.41, 5.74) is 6.46. The molecule has 0 radical (unpaired) electrons. The maximum absolute atomic E-state index is 13.0. The molecule has 2 rings (SSSR count). The lowest BCUT2D eigenvalue weighted by molar-refractivity contribution is -0.143. The van der Waals surface area contributed by atoms with E-state index in [-0.39, 0.29) is 18.7 Å². The van der Waals surface area contributed by atoms with Gasteiger partial charge < -0.3 is 36.5 Å². The van der Waals surface area contributed by atoms with Crippen LogP contribution < -0.4 is 16.4 Å². The molecule has 35 heavy (non-hydrogen) atoms. The van der Waals surface area contributed by atoms with Crippen LogP contribution in [0.2, 0.25) is 0 Å². The molecule has 1 aliphatic heterocycles. The Morgan fingerprint density at radius 3 is 2.57 bits per heavy atom. The van der Waals surface area contributed by atoms with Crippen LogP contribution in [0.4, 0.5) is 0 Å². The molecule has 3 amide bonds. The Bertz CT molecular complexity index is 897. The van der Waals surface area contributed by atoms with Gasteiger partial charge in [-0.2, -0.15) is 11.8 Å². The maximum Gasteiger partial charge on any atom is 0.326 e. The highest BCUT2D eigenvalue weighted by Crippen LogP contribution is 2.20. The summed E-state index contributed by atoms with van der Waals surface area (Å²) in [5, 5.41) is 23.4. The second-order valence-electron chi connectivity index (χ2n) is 8.25. The van der Waals surface area contributed by atoms with Gasteiger partial charge in [-0.1, -0.05) is 0 Å². The van der Waals surface area contributed by atoms with Crippen molar-refractivity contribution >= 4 is 41.4 Å². The minimum Gasteiger partial charge on any atom is -0.481 e. The molecule has 1 aromatic rings. The molecular formula is C21H32N6O7S. The Hall–Kier alpha value is -3.13. The van der Waals surface area contributed by atoms with Crippen LogP contribution in [0.15, 0.2) is 12.5 Å². The first-order valence-corrected chi connectivity index (χ1v) is 12.6. The normalized spacial score (nSPS) is 17.9. The highest BCUT2D eigenvalue weighted by atomic mass is 32.2. The number of nitrogens with two attached hydrogens (primary N) is 1. The number of aliphatic carboxylic acids is 2. The maximum atomic E-state index is 13.0. The number of H-pyrrole nitrogens is 1. The van der Waals surface area contributed by atoms with Gasteiger partial charge in [-0.3, -0.25) is 19.2 Å². The van der Waals surface area contributed by atoms with Crippen molar-refractivity contribution < 1.29 is 34.2 Å². The van der Waals surface area contributed by atoms with Crippen molar-refractivity contribution in [3.8, 4) is 0 Å². The molecule has 4 unspecified atom stereocenters. The van der Waals surface area contributed by atoms with Crippen LogP contribution in [0, 0.1) is 0 Å². The molecule has 7 N–H and O–H groups in total. The van der Waals surface area contributed by atoms with Crippen molar-refractivity contribution in [2.75, 3.05) is 18.6 Å². The van der Waals surface area contributed by atoms with Crippen molar-refractivity contribution in [3.05, 3.63) is 18.2 Å². The molecular weight excluding hydrogens is 480 g/mol. The van der Waals surface area contributed by atoms with Crippen LogP contribution in [-0.2, 0) is 30.4 Å². The Morgan fingerprint density at radius 1 is 1.23 bits per heavy atom. The number of carbonyl (C=O) groups excluding carboxylic acids is 3. The summed E-state index contributed by atoms with van der Waals surface area (Å²) >= 11 is 1.55. The van der Waals surface area contributed by atoms with E-state index in [1.807, 2.05) is 6.26 Å². The summed E-state index contributed by atoms with van der Waals surface area (Å²) < 4.78 is 0. The minimum absolute atomic E-state index is 0.0838. The van der Waals surface area contributed by atoms with Crippen LogP contribution >= 0.6 is 11.8 Å². The number of carbonyl (C=O) groups is 5. The summed E-state index contributed by atoms with van der Waals surface area (Å²) in [4.78, 5) is 69.4. The van der Waals surface area contributed by atoms with E-state index in [1.54, 1.807) is 11.8 Å². The van der Waals surface area contributed by atoms with Gasteiger partial charge in [-0.05, 0) is 37.7 Å². The van der Waals surface area contributed by atoms with Crippen molar-refractivity contribution in [2.24, 2.45) is 5.73 Å². The first-order valence-electron chi connectivity index (χ1n) is 11.2. The first kappa shape index (κ1) is 28.1. The highest BCUT2D eigenvalue weighted by molar-refractivity contribution is 7.98. The molecule has 194 valence electrons. The van der Waals surface area contributed by atoms with Crippen LogP contribution in [0.5, 0.6) is 0 Å². The number of carboxylic acids is 2. The van der Waals surface area contributed by atoms with Gasteiger partial charge in [0.2, 0.25) is 17.7 Å². The van der Waals surface area contributed by atoms with Gasteiger partial charge in [0.25, 0.3) is 0 Å². The van der Waals surface area contributed by atoms with Crippen molar-refractivity contribution in [1.29, 1.82) is 0 Å². The summed E-state index contributed by atoms with van der Waals surface area (Å²) in [7, 11) is 0. The number of rotatable bonds is 14. The van der Waals surface area contributed by atoms with Gasteiger partial charge >= 0.3 is 11.9 Å². The van der Waals surface area contributed by atoms with Crippen molar-refractivity contribution in [3.63, 3.8) is 0 Å². The molecule has 1 aromatic heterocycles. The second-order valence-corrected chi connectivity index (χ2v) is 9.24. The smallest absolute Gasteiger partial charge is 0.326 e. The number of amides is 3. The zero-order valence-corrected chi connectivity index (χ0v) is 20.3. The zero-order chi connectivity index (χ0) is 26.0. The summed E-state index contributed by atoms with van der Waals surface area (Å²) in [6.45, 7) is 0.348. The first-order chi connectivity index (χ1) is 16.6. The molecule has 1 saturated heterocycles. The van der Waals surface area contributed by atoms with Crippen LogP contribution in [0.3, 0.4) is 0 Å². The molecule has 0 saturated carbocycles. The molecule has 1 aliphatic rings. The summed E-state index contributed by atoms with van der Waals surface area (Å²) in [5.74, 6) is -3.59. The number of hydrogen-bond donors (Lipinski definition) is 6. The number of likely N-dealkylation sites (tertiary alicyclic amines) is 1. The number of carboxylic acid groups (broad SMARTS) is 2. The lowest BCUT2D eigenvalue weighted by Crippen LogP contribution is -2.57. The van der Waals surface area contributed by atoms with E-state index in [9.17, 15) is 29.1 Å².